The monoisotopic (exact) mass is 444 g/mol. The fraction of sp³-hybridized carbons (Fsp3) is 0.364. The zero-order valence-corrected chi connectivity index (χ0v) is 18.3. The second-order valence-electron chi connectivity index (χ2n) is 7.76. The highest BCUT2D eigenvalue weighted by atomic mass is 35.5. The number of anilines is 1. The molecule has 1 aliphatic heterocycles. The van der Waals surface area contributed by atoms with Gasteiger partial charge in [0.25, 0.3) is 0 Å². The molecule has 1 aliphatic carbocycles. The van der Waals surface area contributed by atoms with Gasteiger partial charge in [0.15, 0.2) is 5.82 Å². The van der Waals surface area contributed by atoms with E-state index in [4.69, 9.17) is 28.2 Å². The lowest BCUT2D eigenvalue weighted by Crippen LogP contribution is -2.48. The van der Waals surface area contributed by atoms with Gasteiger partial charge in [-0.1, -0.05) is 35.3 Å². The van der Waals surface area contributed by atoms with Crippen molar-refractivity contribution < 1.29 is 0 Å². The molecular formula is C22H22Cl2N4S. The highest BCUT2D eigenvalue weighted by molar-refractivity contribution is 7.09. The quantitative estimate of drug-likeness (QED) is 0.498. The summed E-state index contributed by atoms with van der Waals surface area (Å²) in [5.41, 5.74) is 2.40. The number of hydrogen-bond donors (Lipinski definition) is 0. The first-order chi connectivity index (χ1) is 14.2. The van der Waals surface area contributed by atoms with E-state index in [1.165, 1.54) is 29.9 Å². The van der Waals surface area contributed by atoms with Crippen molar-refractivity contribution in [2.45, 2.75) is 18.9 Å². The Balaban J connectivity index is 1.26. The Bertz CT molecular complexity index is 961. The zero-order valence-electron chi connectivity index (χ0n) is 16.0. The van der Waals surface area contributed by atoms with Crippen molar-refractivity contribution in [1.82, 2.24) is 14.3 Å². The molecule has 2 heterocycles. The van der Waals surface area contributed by atoms with Crippen molar-refractivity contribution >= 4 is 39.9 Å². The Hall–Kier alpha value is -1.66. The molecule has 0 amide bonds. The number of rotatable bonds is 5. The summed E-state index contributed by atoms with van der Waals surface area (Å²) in [6, 6.07) is 16.6. The van der Waals surface area contributed by atoms with Crippen LogP contribution in [0.25, 0.3) is 11.4 Å². The van der Waals surface area contributed by atoms with Gasteiger partial charge < -0.3 is 4.90 Å². The third kappa shape index (κ3) is 4.29. The van der Waals surface area contributed by atoms with Crippen LogP contribution in [0.3, 0.4) is 0 Å². The molecule has 5 rings (SSSR count). The van der Waals surface area contributed by atoms with E-state index in [0.717, 1.165) is 58.7 Å². The summed E-state index contributed by atoms with van der Waals surface area (Å²) in [7, 11) is 0. The molecule has 0 bridgehead atoms. The van der Waals surface area contributed by atoms with E-state index in [9.17, 15) is 0 Å². The first-order valence-corrected chi connectivity index (χ1v) is 11.5. The first-order valence-electron chi connectivity index (χ1n) is 10.0. The lowest BCUT2D eigenvalue weighted by Gasteiger charge is -2.39. The van der Waals surface area contributed by atoms with Crippen molar-refractivity contribution in [1.29, 1.82) is 0 Å². The molecule has 0 spiro atoms. The van der Waals surface area contributed by atoms with Crippen molar-refractivity contribution in [3.05, 3.63) is 64.1 Å². The molecule has 150 valence electrons. The van der Waals surface area contributed by atoms with Crippen LogP contribution < -0.4 is 4.90 Å². The van der Waals surface area contributed by atoms with Gasteiger partial charge in [-0.25, -0.2) is 0 Å². The molecule has 1 aromatic heterocycles. The Labute approximate surface area is 185 Å². The van der Waals surface area contributed by atoms with Crippen LogP contribution in [-0.4, -0.2) is 40.4 Å². The number of aromatic nitrogens is 2. The zero-order chi connectivity index (χ0) is 19.8. The molecule has 1 saturated heterocycles. The average Bonchev–Trinajstić information content (AvgIpc) is 3.45. The van der Waals surface area contributed by atoms with Crippen molar-refractivity contribution in [3.63, 3.8) is 0 Å². The third-order valence-electron chi connectivity index (χ3n) is 5.78. The van der Waals surface area contributed by atoms with Crippen LogP contribution in [0.15, 0.2) is 48.5 Å². The third-order valence-corrected chi connectivity index (χ3v) is 7.06. The summed E-state index contributed by atoms with van der Waals surface area (Å²) in [6.07, 6.45) is 2.66. The van der Waals surface area contributed by atoms with Gasteiger partial charge in [-0.2, -0.15) is 9.36 Å². The topological polar surface area (TPSA) is 32.3 Å². The molecule has 2 aliphatic rings. The van der Waals surface area contributed by atoms with Crippen LogP contribution in [0.5, 0.6) is 0 Å². The summed E-state index contributed by atoms with van der Waals surface area (Å²) >= 11 is 13.6. The van der Waals surface area contributed by atoms with Crippen molar-refractivity contribution in [2.75, 3.05) is 31.1 Å². The molecule has 3 aromatic rings. The van der Waals surface area contributed by atoms with E-state index in [1.807, 2.05) is 36.4 Å². The fourth-order valence-electron chi connectivity index (χ4n) is 4.10. The molecule has 4 nitrogen and oxygen atoms in total. The van der Waals surface area contributed by atoms with Gasteiger partial charge in [0.2, 0.25) is 5.13 Å². The largest absolute Gasteiger partial charge is 0.344 e. The van der Waals surface area contributed by atoms with Crippen LogP contribution in [0.1, 0.15) is 24.4 Å². The van der Waals surface area contributed by atoms with E-state index in [-0.39, 0.29) is 0 Å². The molecule has 7 heteroatoms. The Morgan fingerprint density at radius 3 is 2.10 bits per heavy atom. The number of benzene rings is 2. The van der Waals surface area contributed by atoms with Gasteiger partial charge in [-0.05, 0) is 60.7 Å². The van der Waals surface area contributed by atoms with E-state index >= 15 is 0 Å². The minimum Gasteiger partial charge on any atom is -0.344 e. The SMILES string of the molecule is Clc1ccc(-c2nsc(N3CCN(C(c4ccc(Cl)cc4)C4CC4)CC3)n2)cc1. The summed E-state index contributed by atoms with van der Waals surface area (Å²) in [5.74, 6) is 1.56. The number of halogens is 2. The summed E-state index contributed by atoms with van der Waals surface area (Å²) in [4.78, 5) is 9.77. The van der Waals surface area contributed by atoms with Crippen LogP contribution in [0.2, 0.25) is 10.0 Å². The van der Waals surface area contributed by atoms with Gasteiger partial charge in [-0.3, -0.25) is 4.90 Å². The van der Waals surface area contributed by atoms with E-state index < -0.39 is 0 Å². The maximum atomic E-state index is 6.10. The highest BCUT2D eigenvalue weighted by Gasteiger charge is 2.37. The molecule has 1 unspecified atom stereocenters. The maximum absolute atomic E-state index is 6.10. The van der Waals surface area contributed by atoms with E-state index in [0.29, 0.717) is 6.04 Å². The normalized spacial score (nSPS) is 18.8. The number of hydrogen-bond acceptors (Lipinski definition) is 5. The second kappa shape index (κ2) is 8.23. The Morgan fingerprint density at radius 2 is 1.48 bits per heavy atom. The molecule has 2 fully saturated rings. The molecule has 0 radical (unpaired) electrons. The number of nitrogens with zero attached hydrogens (tertiary/aromatic N) is 4. The van der Waals surface area contributed by atoms with Gasteiger partial charge in [0.1, 0.15) is 0 Å². The van der Waals surface area contributed by atoms with E-state index in [1.54, 1.807) is 0 Å². The lowest BCUT2D eigenvalue weighted by atomic mass is 10.00. The van der Waals surface area contributed by atoms with Crippen molar-refractivity contribution in [2.24, 2.45) is 5.92 Å². The van der Waals surface area contributed by atoms with E-state index in [2.05, 4.69) is 26.3 Å². The molecule has 1 atom stereocenters. The smallest absolute Gasteiger partial charge is 0.205 e. The minimum absolute atomic E-state index is 0.508. The highest BCUT2D eigenvalue weighted by Crippen LogP contribution is 2.45. The summed E-state index contributed by atoms with van der Waals surface area (Å²) in [5, 5.41) is 2.54. The van der Waals surface area contributed by atoms with Gasteiger partial charge >= 0.3 is 0 Å². The van der Waals surface area contributed by atoms with Crippen LogP contribution in [0, 0.1) is 5.92 Å². The molecule has 0 N–H and O–H groups in total. The first kappa shape index (κ1) is 19.3. The summed E-state index contributed by atoms with van der Waals surface area (Å²) < 4.78 is 4.56. The standard InChI is InChI=1S/C22H22Cl2N4S/c23-18-7-3-16(4-8-18)20(15-1-2-15)27-11-13-28(14-12-27)22-25-21(26-29-22)17-5-9-19(24)10-6-17/h3-10,15,20H,1-2,11-14H2. The Kier molecular flexibility index (Phi) is 5.48. The van der Waals surface area contributed by atoms with Crippen molar-refractivity contribution in [3.8, 4) is 11.4 Å². The maximum Gasteiger partial charge on any atom is 0.205 e. The fourth-order valence-corrected chi connectivity index (χ4v) is 5.10. The second-order valence-corrected chi connectivity index (χ2v) is 9.37. The van der Waals surface area contributed by atoms with Gasteiger partial charge in [0.05, 0.1) is 0 Å². The Morgan fingerprint density at radius 1 is 0.862 bits per heavy atom. The van der Waals surface area contributed by atoms with Crippen LogP contribution in [-0.2, 0) is 0 Å². The van der Waals surface area contributed by atoms with Crippen LogP contribution in [0.4, 0.5) is 5.13 Å². The molecule has 29 heavy (non-hydrogen) atoms. The average molecular weight is 445 g/mol. The minimum atomic E-state index is 0.508. The molecular weight excluding hydrogens is 423 g/mol. The number of piperazine rings is 1. The van der Waals surface area contributed by atoms with Crippen LogP contribution >= 0.6 is 34.7 Å². The summed E-state index contributed by atoms with van der Waals surface area (Å²) in [6.45, 7) is 4.04. The molecule has 2 aromatic carbocycles. The predicted molar refractivity (Wildman–Crippen MR) is 121 cm³/mol. The predicted octanol–water partition coefficient (Wildman–Crippen LogP) is 5.79. The van der Waals surface area contributed by atoms with Gasteiger partial charge in [0, 0.05) is 59.4 Å². The molecule has 1 saturated carbocycles. The lowest BCUT2D eigenvalue weighted by molar-refractivity contribution is 0.167. The van der Waals surface area contributed by atoms with Gasteiger partial charge in [-0.15, -0.1) is 0 Å².